The smallest absolute Gasteiger partial charge is 0.131 e. The average molecular weight is 329 g/mol. The summed E-state index contributed by atoms with van der Waals surface area (Å²) >= 11 is 18.4. The maximum absolute atomic E-state index is 6.28. The third-order valence-electron chi connectivity index (χ3n) is 3.35. The summed E-state index contributed by atoms with van der Waals surface area (Å²) in [6, 6.07) is 9.15. The standard InChI is InChI=1S/C15H12Cl3NO/c16-9-1-2-12(14(18)6-9)13-5-10(17)3-8-4-11(7-19)20-15(8)13/h1-3,5-6,11H,4,7,19H2. The lowest BCUT2D eigenvalue weighted by atomic mass is 10.0. The fourth-order valence-corrected chi connectivity index (χ4v) is 3.19. The van der Waals surface area contributed by atoms with Crippen LogP contribution in [0.5, 0.6) is 5.75 Å². The van der Waals surface area contributed by atoms with Crippen LogP contribution in [0.15, 0.2) is 30.3 Å². The molecular weight excluding hydrogens is 317 g/mol. The van der Waals surface area contributed by atoms with E-state index in [1.54, 1.807) is 12.1 Å². The second kappa shape index (κ2) is 5.45. The summed E-state index contributed by atoms with van der Waals surface area (Å²) in [7, 11) is 0. The molecule has 2 N–H and O–H groups in total. The molecule has 0 saturated carbocycles. The predicted molar refractivity (Wildman–Crippen MR) is 84.1 cm³/mol. The Kier molecular flexibility index (Phi) is 3.83. The van der Waals surface area contributed by atoms with Gasteiger partial charge in [0.1, 0.15) is 11.9 Å². The van der Waals surface area contributed by atoms with Crippen LogP contribution in [0, 0.1) is 0 Å². The van der Waals surface area contributed by atoms with Gasteiger partial charge in [0.05, 0.1) is 5.02 Å². The lowest BCUT2D eigenvalue weighted by Gasteiger charge is -2.12. The molecule has 1 heterocycles. The Bertz CT molecular complexity index is 672. The summed E-state index contributed by atoms with van der Waals surface area (Å²) in [4.78, 5) is 0. The largest absolute Gasteiger partial charge is 0.488 e. The molecule has 2 nitrogen and oxygen atoms in total. The van der Waals surface area contributed by atoms with E-state index >= 15 is 0 Å². The van der Waals surface area contributed by atoms with Crippen LogP contribution >= 0.6 is 34.8 Å². The van der Waals surface area contributed by atoms with Crippen molar-refractivity contribution in [1.82, 2.24) is 0 Å². The number of ether oxygens (including phenoxy) is 1. The van der Waals surface area contributed by atoms with Crippen molar-refractivity contribution in [3.8, 4) is 16.9 Å². The molecule has 0 radical (unpaired) electrons. The van der Waals surface area contributed by atoms with Crippen LogP contribution in [-0.4, -0.2) is 12.6 Å². The van der Waals surface area contributed by atoms with Gasteiger partial charge in [-0.25, -0.2) is 0 Å². The molecule has 20 heavy (non-hydrogen) atoms. The number of halogens is 3. The summed E-state index contributed by atoms with van der Waals surface area (Å²) in [6.07, 6.45) is 0.762. The Morgan fingerprint density at radius 2 is 1.85 bits per heavy atom. The first-order chi connectivity index (χ1) is 9.58. The van der Waals surface area contributed by atoms with Gasteiger partial charge in [0.15, 0.2) is 0 Å². The van der Waals surface area contributed by atoms with Crippen molar-refractivity contribution in [3.63, 3.8) is 0 Å². The van der Waals surface area contributed by atoms with Crippen LogP contribution < -0.4 is 10.5 Å². The van der Waals surface area contributed by atoms with E-state index in [2.05, 4.69) is 0 Å². The molecule has 2 aromatic rings. The fourth-order valence-electron chi connectivity index (χ4n) is 2.43. The molecule has 2 aromatic carbocycles. The second-order valence-corrected chi connectivity index (χ2v) is 6.03. The maximum atomic E-state index is 6.28. The molecule has 1 aliphatic rings. The summed E-state index contributed by atoms with van der Waals surface area (Å²) < 4.78 is 5.91. The van der Waals surface area contributed by atoms with Crippen molar-refractivity contribution in [3.05, 3.63) is 51.0 Å². The van der Waals surface area contributed by atoms with Crippen molar-refractivity contribution in [1.29, 1.82) is 0 Å². The van der Waals surface area contributed by atoms with Crippen LogP contribution in [-0.2, 0) is 6.42 Å². The topological polar surface area (TPSA) is 35.2 Å². The van der Waals surface area contributed by atoms with Crippen molar-refractivity contribution in [2.45, 2.75) is 12.5 Å². The number of hydrogen-bond acceptors (Lipinski definition) is 2. The van der Waals surface area contributed by atoms with Gasteiger partial charge in [0.2, 0.25) is 0 Å². The zero-order valence-electron chi connectivity index (χ0n) is 10.5. The van der Waals surface area contributed by atoms with E-state index in [0.717, 1.165) is 28.9 Å². The lowest BCUT2D eigenvalue weighted by Crippen LogP contribution is -2.24. The first-order valence-corrected chi connectivity index (χ1v) is 7.36. The third kappa shape index (κ3) is 2.49. The molecule has 3 rings (SSSR count). The monoisotopic (exact) mass is 327 g/mol. The van der Waals surface area contributed by atoms with Crippen molar-refractivity contribution < 1.29 is 4.74 Å². The van der Waals surface area contributed by atoms with Crippen LogP contribution in [0.3, 0.4) is 0 Å². The number of hydrogen-bond donors (Lipinski definition) is 1. The molecule has 5 heteroatoms. The molecule has 0 aromatic heterocycles. The molecule has 104 valence electrons. The van der Waals surface area contributed by atoms with Crippen LogP contribution in [0.2, 0.25) is 15.1 Å². The van der Waals surface area contributed by atoms with Gasteiger partial charge in [-0.2, -0.15) is 0 Å². The van der Waals surface area contributed by atoms with Gasteiger partial charge in [-0.3, -0.25) is 0 Å². The Morgan fingerprint density at radius 1 is 1.05 bits per heavy atom. The molecule has 0 bridgehead atoms. The minimum atomic E-state index is -0.00621. The molecule has 0 aliphatic carbocycles. The summed E-state index contributed by atoms with van der Waals surface area (Å²) in [5.74, 6) is 0.814. The highest BCUT2D eigenvalue weighted by atomic mass is 35.5. The maximum Gasteiger partial charge on any atom is 0.131 e. The van der Waals surface area contributed by atoms with Gasteiger partial charge in [0.25, 0.3) is 0 Å². The average Bonchev–Trinajstić information content (AvgIpc) is 2.81. The minimum Gasteiger partial charge on any atom is -0.488 e. The Morgan fingerprint density at radius 3 is 2.55 bits per heavy atom. The van der Waals surface area contributed by atoms with Gasteiger partial charge in [-0.05, 0) is 29.8 Å². The van der Waals surface area contributed by atoms with E-state index in [4.69, 9.17) is 45.3 Å². The van der Waals surface area contributed by atoms with E-state index in [-0.39, 0.29) is 6.10 Å². The molecule has 0 saturated heterocycles. The van der Waals surface area contributed by atoms with Gasteiger partial charge >= 0.3 is 0 Å². The van der Waals surface area contributed by atoms with Crippen LogP contribution in [0.1, 0.15) is 5.56 Å². The zero-order valence-corrected chi connectivity index (χ0v) is 12.8. The molecule has 1 unspecified atom stereocenters. The van der Waals surface area contributed by atoms with E-state index in [1.165, 1.54) is 0 Å². The molecule has 0 amide bonds. The number of nitrogens with two attached hydrogens (primary N) is 1. The fraction of sp³-hybridized carbons (Fsp3) is 0.200. The normalized spacial score (nSPS) is 16.9. The zero-order chi connectivity index (χ0) is 14.3. The molecule has 1 atom stereocenters. The SMILES string of the molecule is NCC1Cc2cc(Cl)cc(-c3ccc(Cl)cc3Cl)c2O1. The first kappa shape index (κ1) is 14.0. The van der Waals surface area contributed by atoms with Gasteiger partial charge < -0.3 is 10.5 Å². The molecule has 0 spiro atoms. The summed E-state index contributed by atoms with van der Waals surface area (Å²) in [6.45, 7) is 0.472. The second-order valence-electron chi connectivity index (χ2n) is 4.75. The van der Waals surface area contributed by atoms with Gasteiger partial charge in [0, 0.05) is 34.1 Å². The van der Waals surface area contributed by atoms with Crippen molar-refractivity contribution >= 4 is 34.8 Å². The Balaban J connectivity index is 2.15. The first-order valence-electron chi connectivity index (χ1n) is 6.23. The number of rotatable bonds is 2. The van der Waals surface area contributed by atoms with E-state index in [0.29, 0.717) is 21.6 Å². The quantitative estimate of drug-likeness (QED) is 0.876. The predicted octanol–water partition coefficient (Wildman–Crippen LogP) is 4.58. The van der Waals surface area contributed by atoms with Crippen LogP contribution in [0.25, 0.3) is 11.1 Å². The summed E-state index contributed by atoms with van der Waals surface area (Å²) in [5.41, 5.74) is 8.49. The number of fused-ring (bicyclic) bond motifs is 1. The molecule has 0 fully saturated rings. The third-order valence-corrected chi connectivity index (χ3v) is 4.11. The van der Waals surface area contributed by atoms with Gasteiger partial charge in [-0.1, -0.05) is 40.9 Å². The van der Waals surface area contributed by atoms with Crippen LogP contribution in [0.4, 0.5) is 0 Å². The molecular formula is C15H12Cl3NO. The summed E-state index contributed by atoms with van der Waals surface area (Å²) in [5, 5.41) is 1.82. The van der Waals surface area contributed by atoms with E-state index in [1.807, 2.05) is 18.2 Å². The Hall–Kier alpha value is -0.930. The minimum absolute atomic E-state index is 0.00621. The van der Waals surface area contributed by atoms with E-state index in [9.17, 15) is 0 Å². The van der Waals surface area contributed by atoms with Crippen molar-refractivity contribution in [2.75, 3.05) is 6.54 Å². The van der Waals surface area contributed by atoms with Crippen molar-refractivity contribution in [2.24, 2.45) is 5.73 Å². The highest BCUT2D eigenvalue weighted by Gasteiger charge is 2.26. The van der Waals surface area contributed by atoms with Gasteiger partial charge in [-0.15, -0.1) is 0 Å². The van der Waals surface area contributed by atoms with E-state index < -0.39 is 0 Å². The Labute approximate surface area is 132 Å². The highest BCUT2D eigenvalue weighted by molar-refractivity contribution is 6.36. The highest BCUT2D eigenvalue weighted by Crippen LogP contribution is 2.43. The molecule has 1 aliphatic heterocycles. The lowest BCUT2D eigenvalue weighted by molar-refractivity contribution is 0.242. The number of benzene rings is 2.